The van der Waals surface area contributed by atoms with Crippen molar-refractivity contribution in [2.45, 2.75) is 19.4 Å². The van der Waals surface area contributed by atoms with Gasteiger partial charge < -0.3 is 20.3 Å². The van der Waals surface area contributed by atoms with Gasteiger partial charge in [-0.15, -0.1) is 0 Å². The number of hydrogen-bond donors (Lipinski definition) is 2. The summed E-state index contributed by atoms with van der Waals surface area (Å²) in [6.07, 6.45) is 0.553. The fraction of sp³-hybridized carbons (Fsp3) is 0.500. The lowest BCUT2D eigenvalue weighted by Gasteiger charge is -2.12. The first-order valence-corrected chi connectivity index (χ1v) is 5.48. The fourth-order valence-corrected chi connectivity index (χ4v) is 1.25. The Hall–Kier alpha value is -1.26. The normalized spacial score (nSPS) is 12.2. The van der Waals surface area contributed by atoms with Crippen LogP contribution < -0.4 is 15.2 Å². The molecule has 1 rings (SSSR count). The molecule has 0 heterocycles. The SMILES string of the molecule is CCOc1ccc(OCC(N)CCO)cc1. The highest BCUT2D eigenvalue weighted by Gasteiger charge is 2.02. The number of rotatable bonds is 7. The van der Waals surface area contributed by atoms with Crippen LogP contribution in [0.1, 0.15) is 13.3 Å². The van der Waals surface area contributed by atoms with E-state index in [9.17, 15) is 0 Å². The Bertz CT molecular complexity index is 287. The van der Waals surface area contributed by atoms with Crippen molar-refractivity contribution >= 4 is 0 Å². The van der Waals surface area contributed by atoms with Crippen molar-refractivity contribution < 1.29 is 14.6 Å². The van der Waals surface area contributed by atoms with Crippen molar-refractivity contribution in [3.8, 4) is 11.5 Å². The zero-order valence-corrected chi connectivity index (χ0v) is 9.56. The Balaban J connectivity index is 2.37. The molecule has 1 unspecified atom stereocenters. The van der Waals surface area contributed by atoms with Gasteiger partial charge in [-0.1, -0.05) is 0 Å². The Morgan fingerprint density at radius 3 is 2.25 bits per heavy atom. The minimum Gasteiger partial charge on any atom is -0.494 e. The number of ether oxygens (including phenoxy) is 2. The number of aliphatic hydroxyl groups is 1. The van der Waals surface area contributed by atoms with E-state index in [0.717, 1.165) is 11.5 Å². The van der Waals surface area contributed by atoms with E-state index in [-0.39, 0.29) is 12.6 Å². The van der Waals surface area contributed by atoms with E-state index in [1.54, 1.807) is 0 Å². The van der Waals surface area contributed by atoms with E-state index < -0.39 is 0 Å². The largest absolute Gasteiger partial charge is 0.494 e. The van der Waals surface area contributed by atoms with Crippen LogP contribution in [0.4, 0.5) is 0 Å². The second-order valence-electron chi connectivity index (χ2n) is 3.49. The van der Waals surface area contributed by atoms with Crippen molar-refractivity contribution in [2.24, 2.45) is 5.73 Å². The molecule has 0 amide bonds. The van der Waals surface area contributed by atoms with Gasteiger partial charge in [0.2, 0.25) is 0 Å². The van der Waals surface area contributed by atoms with Crippen LogP contribution in [0.2, 0.25) is 0 Å². The first-order valence-electron chi connectivity index (χ1n) is 5.48. The van der Waals surface area contributed by atoms with Crippen LogP contribution in [0.15, 0.2) is 24.3 Å². The summed E-state index contributed by atoms with van der Waals surface area (Å²) in [7, 11) is 0. The van der Waals surface area contributed by atoms with Crippen LogP contribution in [0.3, 0.4) is 0 Å². The number of hydrogen-bond acceptors (Lipinski definition) is 4. The summed E-state index contributed by atoms with van der Waals surface area (Å²) in [6, 6.07) is 7.27. The van der Waals surface area contributed by atoms with E-state index >= 15 is 0 Å². The molecule has 1 aromatic rings. The van der Waals surface area contributed by atoms with Crippen LogP contribution >= 0.6 is 0 Å². The fourth-order valence-electron chi connectivity index (χ4n) is 1.25. The predicted molar refractivity (Wildman–Crippen MR) is 62.8 cm³/mol. The maximum atomic E-state index is 8.68. The molecule has 90 valence electrons. The van der Waals surface area contributed by atoms with Gasteiger partial charge in [0.1, 0.15) is 18.1 Å². The summed E-state index contributed by atoms with van der Waals surface area (Å²) in [5.41, 5.74) is 5.70. The summed E-state index contributed by atoms with van der Waals surface area (Å²) >= 11 is 0. The van der Waals surface area contributed by atoms with Crippen LogP contribution in [0.25, 0.3) is 0 Å². The summed E-state index contributed by atoms with van der Waals surface area (Å²) in [5, 5.41) is 8.68. The Morgan fingerprint density at radius 1 is 1.19 bits per heavy atom. The first-order chi connectivity index (χ1) is 7.76. The molecule has 0 radical (unpaired) electrons. The predicted octanol–water partition coefficient (Wildman–Crippen LogP) is 1.17. The Kier molecular flexibility index (Phi) is 5.67. The van der Waals surface area contributed by atoms with Gasteiger partial charge in [0.15, 0.2) is 0 Å². The molecule has 0 aliphatic rings. The third-order valence-electron chi connectivity index (χ3n) is 2.10. The van der Waals surface area contributed by atoms with Gasteiger partial charge in [-0.2, -0.15) is 0 Å². The summed E-state index contributed by atoms with van der Waals surface area (Å²) in [6.45, 7) is 3.10. The van der Waals surface area contributed by atoms with Crippen molar-refractivity contribution in [1.82, 2.24) is 0 Å². The highest BCUT2D eigenvalue weighted by Crippen LogP contribution is 2.17. The second kappa shape index (κ2) is 7.09. The third-order valence-corrected chi connectivity index (χ3v) is 2.10. The van der Waals surface area contributed by atoms with Crippen molar-refractivity contribution in [2.75, 3.05) is 19.8 Å². The molecular formula is C12H19NO3. The highest BCUT2D eigenvalue weighted by atomic mass is 16.5. The lowest BCUT2D eigenvalue weighted by atomic mass is 10.2. The minimum atomic E-state index is -0.128. The zero-order chi connectivity index (χ0) is 11.8. The topological polar surface area (TPSA) is 64.7 Å². The zero-order valence-electron chi connectivity index (χ0n) is 9.56. The molecule has 4 nitrogen and oxygen atoms in total. The molecule has 0 saturated carbocycles. The summed E-state index contributed by atoms with van der Waals surface area (Å²) in [5.74, 6) is 1.59. The Labute approximate surface area is 96.0 Å². The average molecular weight is 225 g/mol. The quantitative estimate of drug-likeness (QED) is 0.731. The van der Waals surface area contributed by atoms with Gasteiger partial charge in [-0.3, -0.25) is 0 Å². The number of nitrogens with two attached hydrogens (primary N) is 1. The molecule has 0 aliphatic heterocycles. The van der Waals surface area contributed by atoms with E-state index in [1.807, 2.05) is 31.2 Å². The molecule has 4 heteroatoms. The van der Waals surface area contributed by atoms with Gasteiger partial charge in [0.05, 0.1) is 6.61 Å². The molecule has 0 saturated heterocycles. The lowest BCUT2D eigenvalue weighted by Crippen LogP contribution is -2.28. The molecule has 0 fully saturated rings. The average Bonchev–Trinajstić information content (AvgIpc) is 2.29. The van der Waals surface area contributed by atoms with Gasteiger partial charge in [0, 0.05) is 12.6 Å². The highest BCUT2D eigenvalue weighted by molar-refractivity contribution is 5.31. The van der Waals surface area contributed by atoms with E-state index in [1.165, 1.54) is 0 Å². The third kappa shape index (κ3) is 4.51. The number of aliphatic hydroxyl groups excluding tert-OH is 1. The summed E-state index contributed by atoms with van der Waals surface area (Å²) < 4.78 is 10.8. The van der Waals surface area contributed by atoms with Gasteiger partial charge >= 0.3 is 0 Å². The van der Waals surface area contributed by atoms with Crippen molar-refractivity contribution in [3.05, 3.63) is 24.3 Å². The van der Waals surface area contributed by atoms with Crippen molar-refractivity contribution in [1.29, 1.82) is 0 Å². The monoisotopic (exact) mass is 225 g/mol. The van der Waals surface area contributed by atoms with E-state index in [2.05, 4.69) is 0 Å². The van der Waals surface area contributed by atoms with E-state index in [0.29, 0.717) is 19.6 Å². The maximum Gasteiger partial charge on any atom is 0.119 e. The number of benzene rings is 1. The maximum absolute atomic E-state index is 8.68. The van der Waals surface area contributed by atoms with Crippen LogP contribution in [0, 0.1) is 0 Å². The molecule has 0 bridgehead atoms. The standard InChI is InChI=1S/C12H19NO3/c1-2-15-11-3-5-12(6-4-11)16-9-10(13)7-8-14/h3-6,10,14H,2,7-9,13H2,1H3. The Morgan fingerprint density at radius 2 is 1.75 bits per heavy atom. The molecule has 0 spiro atoms. The van der Waals surface area contributed by atoms with Gasteiger partial charge in [0.25, 0.3) is 0 Å². The van der Waals surface area contributed by atoms with Crippen molar-refractivity contribution in [3.63, 3.8) is 0 Å². The molecule has 1 atom stereocenters. The molecule has 3 N–H and O–H groups in total. The van der Waals surface area contributed by atoms with Gasteiger partial charge in [-0.25, -0.2) is 0 Å². The van der Waals surface area contributed by atoms with Crippen LogP contribution in [0.5, 0.6) is 11.5 Å². The van der Waals surface area contributed by atoms with Crippen LogP contribution in [-0.4, -0.2) is 31.0 Å². The van der Waals surface area contributed by atoms with Gasteiger partial charge in [-0.05, 0) is 37.6 Å². The van der Waals surface area contributed by atoms with E-state index in [4.69, 9.17) is 20.3 Å². The summed E-state index contributed by atoms with van der Waals surface area (Å²) in [4.78, 5) is 0. The molecule has 1 aromatic carbocycles. The molecule has 16 heavy (non-hydrogen) atoms. The molecule has 0 aromatic heterocycles. The first kappa shape index (κ1) is 12.8. The van der Waals surface area contributed by atoms with Crippen LogP contribution in [-0.2, 0) is 0 Å². The molecular weight excluding hydrogens is 206 g/mol. The lowest BCUT2D eigenvalue weighted by molar-refractivity contribution is 0.233. The minimum absolute atomic E-state index is 0.0911. The molecule has 0 aliphatic carbocycles. The second-order valence-corrected chi connectivity index (χ2v) is 3.49. The smallest absolute Gasteiger partial charge is 0.119 e.